The van der Waals surface area contributed by atoms with E-state index in [0.29, 0.717) is 16.8 Å². The number of aryl methyl sites for hydroxylation is 1. The number of methoxy groups -OCH3 is 1. The molecule has 27 heavy (non-hydrogen) atoms. The zero-order chi connectivity index (χ0) is 19.1. The molecule has 138 valence electrons. The van der Waals surface area contributed by atoms with Crippen LogP contribution in [0.2, 0.25) is 0 Å². The fourth-order valence-electron chi connectivity index (χ4n) is 3.58. The number of ether oxygens (including phenoxy) is 2. The van der Waals surface area contributed by atoms with Crippen LogP contribution in [0.25, 0.3) is 33.1 Å². The molecule has 0 saturated carbocycles. The van der Waals surface area contributed by atoms with Gasteiger partial charge in [0.2, 0.25) is 0 Å². The molecule has 0 fully saturated rings. The van der Waals surface area contributed by atoms with Gasteiger partial charge in [-0.25, -0.2) is 9.18 Å². The summed E-state index contributed by atoms with van der Waals surface area (Å²) < 4.78 is 26.6. The highest BCUT2D eigenvalue weighted by atomic mass is 19.1. The van der Waals surface area contributed by atoms with Crippen molar-refractivity contribution in [3.63, 3.8) is 0 Å². The molecule has 2 heterocycles. The zero-order valence-corrected chi connectivity index (χ0v) is 15.3. The lowest BCUT2D eigenvalue weighted by Crippen LogP contribution is -2.07. The van der Waals surface area contributed by atoms with E-state index < -0.39 is 11.8 Å². The van der Waals surface area contributed by atoms with Gasteiger partial charge in [0.05, 0.1) is 30.3 Å². The van der Waals surface area contributed by atoms with Gasteiger partial charge < -0.3 is 19.0 Å². The molecule has 0 bridgehead atoms. The number of esters is 1. The lowest BCUT2D eigenvalue weighted by Gasteiger charge is -2.09. The Morgan fingerprint density at radius 2 is 2.00 bits per heavy atom. The van der Waals surface area contributed by atoms with Crippen molar-refractivity contribution in [2.45, 2.75) is 6.92 Å². The van der Waals surface area contributed by atoms with Crippen LogP contribution in [0.1, 0.15) is 17.4 Å². The molecule has 0 unspecified atom stereocenters. The monoisotopic (exact) mass is 366 g/mol. The van der Waals surface area contributed by atoms with Crippen molar-refractivity contribution in [3.8, 4) is 16.9 Å². The van der Waals surface area contributed by atoms with E-state index in [0.717, 1.165) is 21.9 Å². The molecule has 1 N–H and O–H groups in total. The number of hydrogen-bond donors (Lipinski definition) is 1. The van der Waals surface area contributed by atoms with Gasteiger partial charge in [-0.15, -0.1) is 0 Å². The molecule has 0 spiro atoms. The number of rotatable bonds is 4. The Morgan fingerprint density at radius 1 is 1.22 bits per heavy atom. The van der Waals surface area contributed by atoms with E-state index in [1.54, 1.807) is 19.1 Å². The van der Waals surface area contributed by atoms with Gasteiger partial charge in [-0.05, 0) is 30.7 Å². The second-order valence-corrected chi connectivity index (χ2v) is 6.24. The number of H-pyrrole nitrogens is 1. The molecule has 4 rings (SSSR count). The minimum atomic E-state index is -0.488. The number of carbonyl (C=O) groups excluding carboxylic acids is 1. The van der Waals surface area contributed by atoms with Gasteiger partial charge in [0.25, 0.3) is 0 Å². The van der Waals surface area contributed by atoms with Crippen LogP contribution in [0.15, 0.2) is 42.5 Å². The third-order valence-corrected chi connectivity index (χ3v) is 4.76. The minimum absolute atomic E-state index is 0.153. The quantitative estimate of drug-likeness (QED) is 0.535. The number of benzene rings is 2. The molecule has 0 aliphatic heterocycles. The largest absolute Gasteiger partial charge is 0.494 e. The van der Waals surface area contributed by atoms with Gasteiger partial charge in [-0.1, -0.05) is 24.3 Å². The highest BCUT2D eigenvalue weighted by molar-refractivity contribution is 6.16. The van der Waals surface area contributed by atoms with Gasteiger partial charge in [-0.3, -0.25) is 0 Å². The average molecular weight is 366 g/mol. The maximum Gasteiger partial charge on any atom is 0.355 e. The zero-order valence-electron chi connectivity index (χ0n) is 15.3. The van der Waals surface area contributed by atoms with E-state index in [-0.39, 0.29) is 12.4 Å². The van der Waals surface area contributed by atoms with Crippen molar-refractivity contribution in [1.82, 2.24) is 9.55 Å². The predicted octanol–water partition coefficient (Wildman–Crippen LogP) is 4.65. The molecular formula is C21H19FN2O3. The summed E-state index contributed by atoms with van der Waals surface area (Å²) >= 11 is 0. The van der Waals surface area contributed by atoms with Crippen molar-refractivity contribution < 1.29 is 18.7 Å². The van der Waals surface area contributed by atoms with E-state index in [9.17, 15) is 9.18 Å². The van der Waals surface area contributed by atoms with E-state index in [2.05, 4.69) is 4.98 Å². The third-order valence-electron chi connectivity index (χ3n) is 4.76. The Bertz CT molecular complexity index is 1170. The van der Waals surface area contributed by atoms with Crippen molar-refractivity contribution in [2.24, 2.45) is 7.05 Å². The van der Waals surface area contributed by atoms with E-state index in [4.69, 9.17) is 9.47 Å². The standard InChI is InChI=1S/C21H19FN2O3/c1-4-27-21(25)19-17(12-9-10-16(26-3)14(22)11-12)20-18(23-19)13-7-5-6-8-15(13)24(20)2/h5-11,23H,4H2,1-3H3. The van der Waals surface area contributed by atoms with Crippen LogP contribution >= 0.6 is 0 Å². The highest BCUT2D eigenvalue weighted by Crippen LogP contribution is 2.39. The molecule has 0 amide bonds. The lowest BCUT2D eigenvalue weighted by atomic mass is 10.0. The molecule has 4 aromatic rings. The molecular weight excluding hydrogens is 347 g/mol. The fourth-order valence-corrected chi connectivity index (χ4v) is 3.58. The van der Waals surface area contributed by atoms with Gasteiger partial charge >= 0.3 is 5.97 Å². The van der Waals surface area contributed by atoms with E-state index >= 15 is 0 Å². The Balaban J connectivity index is 2.08. The molecule has 0 saturated heterocycles. The number of aromatic amines is 1. The lowest BCUT2D eigenvalue weighted by molar-refractivity contribution is 0.0521. The number of para-hydroxylation sites is 1. The van der Waals surface area contributed by atoms with Crippen molar-refractivity contribution in [2.75, 3.05) is 13.7 Å². The minimum Gasteiger partial charge on any atom is -0.494 e. The maximum absolute atomic E-state index is 14.4. The van der Waals surface area contributed by atoms with Crippen LogP contribution in [-0.2, 0) is 11.8 Å². The van der Waals surface area contributed by atoms with Gasteiger partial charge in [0, 0.05) is 18.0 Å². The summed E-state index contributed by atoms with van der Waals surface area (Å²) in [7, 11) is 3.34. The Labute approximate surface area is 155 Å². The number of nitrogens with zero attached hydrogens (tertiary/aromatic N) is 1. The summed E-state index contributed by atoms with van der Waals surface area (Å²) in [5.41, 5.74) is 4.17. The number of hydrogen-bond acceptors (Lipinski definition) is 3. The van der Waals surface area contributed by atoms with Crippen LogP contribution in [0.4, 0.5) is 4.39 Å². The predicted molar refractivity (Wildman–Crippen MR) is 103 cm³/mol. The molecule has 2 aromatic carbocycles. The van der Waals surface area contributed by atoms with Crippen LogP contribution in [-0.4, -0.2) is 29.2 Å². The first kappa shape index (κ1) is 17.1. The first-order chi connectivity index (χ1) is 13.1. The summed E-state index contributed by atoms with van der Waals surface area (Å²) in [5, 5.41) is 0.987. The molecule has 0 aliphatic rings. The maximum atomic E-state index is 14.4. The first-order valence-electron chi connectivity index (χ1n) is 8.67. The smallest absolute Gasteiger partial charge is 0.355 e. The second-order valence-electron chi connectivity index (χ2n) is 6.24. The van der Waals surface area contributed by atoms with Gasteiger partial charge in [0.1, 0.15) is 5.69 Å². The topological polar surface area (TPSA) is 56.2 Å². The van der Waals surface area contributed by atoms with Gasteiger partial charge in [0.15, 0.2) is 11.6 Å². The van der Waals surface area contributed by atoms with Crippen LogP contribution in [0.3, 0.4) is 0 Å². The molecule has 5 nitrogen and oxygen atoms in total. The average Bonchev–Trinajstić information content (AvgIpc) is 3.19. The highest BCUT2D eigenvalue weighted by Gasteiger charge is 2.25. The van der Waals surface area contributed by atoms with Crippen LogP contribution in [0, 0.1) is 5.82 Å². The van der Waals surface area contributed by atoms with E-state index in [1.165, 1.54) is 13.2 Å². The molecule has 0 aliphatic carbocycles. The normalized spacial score (nSPS) is 11.3. The van der Waals surface area contributed by atoms with Crippen molar-refractivity contribution in [3.05, 3.63) is 54.0 Å². The Hall–Kier alpha value is -3.28. The van der Waals surface area contributed by atoms with E-state index in [1.807, 2.05) is 35.9 Å². The molecule has 0 atom stereocenters. The van der Waals surface area contributed by atoms with Gasteiger partial charge in [-0.2, -0.15) is 0 Å². The Kier molecular flexibility index (Phi) is 4.11. The number of halogens is 1. The van der Waals surface area contributed by atoms with Crippen LogP contribution < -0.4 is 4.74 Å². The number of aromatic nitrogens is 2. The number of fused-ring (bicyclic) bond motifs is 3. The van der Waals surface area contributed by atoms with Crippen molar-refractivity contribution >= 4 is 27.9 Å². The van der Waals surface area contributed by atoms with Crippen LogP contribution in [0.5, 0.6) is 5.75 Å². The fraction of sp³-hybridized carbons (Fsp3) is 0.190. The molecule has 6 heteroatoms. The summed E-state index contributed by atoms with van der Waals surface area (Å²) in [5.74, 6) is -0.804. The summed E-state index contributed by atoms with van der Waals surface area (Å²) in [6.45, 7) is 2.01. The summed E-state index contributed by atoms with van der Waals surface area (Å²) in [6, 6.07) is 12.6. The Morgan fingerprint density at radius 3 is 2.70 bits per heavy atom. The SMILES string of the molecule is CCOC(=O)c1[nH]c2c3ccccc3n(C)c2c1-c1ccc(OC)c(F)c1. The number of nitrogens with one attached hydrogen (secondary N) is 1. The molecule has 0 radical (unpaired) electrons. The van der Waals surface area contributed by atoms with Crippen molar-refractivity contribution in [1.29, 1.82) is 0 Å². The second kappa shape index (κ2) is 6.46. The first-order valence-corrected chi connectivity index (χ1v) is 8.67. The molecule has 2 aromatic heterocycles. The summed E-state index contributed by atoms with van der Waals surface area (Å²) in [4.78, 5) is 15.8. The third kappa shape index (κ3) is 2.56. The number of carbonyl (C=O) groups is 1. The summed E-state index contributed by atoms with van der Waals surface area (Å²) in [6.07, 6.45) is 0.